The molecular weight excluding hydrogens is 166 g/mol. The van der Waals surface area contributed by atoms with Crippen LogP contribution in [-0.4, -0.2) is 23.2 Å². The van der Waals surface area contributed by atoms with Gasteiger partial charge in [-0.3, -0.25) is 0 Å². The Morgan fingerprint density at radius 3 is 1.00 bits per heavy atom. The maximum Gasteiger partial charge on any atom is 2.00 e. The summed E-state index contributed by atoms with van der Waals surface area (Å²) >= 11 is 0. The Labute approximate surface area is 44.3 Å². The third-order valence-corrected chi connectivity index (χ3v) is 0. The molecule has 3 nitrogen and oxygen atoms in total. The van der Waals surface area contributed by atoms with Gasteiger partial charge in [-0.1, -0.05) is 0 Å². The summed E-state index contributed by atoms with van der Waals surface area (Å²) in [6, 6.07) is 0. The second-order valence-corrected chi connectivity index (χ2v) is 0. The Morgan fingerprint density at radius 2 is 1.00 bits per heavy atom. The summed E-state index contributed by atoms with van der Waals surface area (Å²) in [6.45, 7) is 0. The molecular formula is CH6O3Pd. The maximum absolute atomic E-state index is 7.00. The van der Waals surface area contributed by atoms with Crippen molar-refractivity contribution in [2.24, 2.45) is 0 Å². The van der Waals surface area contributed by atoms with Crippen LogP contribution in [0.4, 0.5) is 0 Å². The van der Waals surface area contributed by atoms with Gasteiger partial charge in [-0.15, -0.1) is 0 Å². The topological polar surface area (TPSA) is 80.2 Å². The molecule has 0 aliphatic carbocycles. The summed E-state index contributed by atoms with van der Waals surface area (Å²) < 4.78 is 0. The van der Waals surface area contributed by atoms with Crippen molar-refractivity contribution >= 4 is 0 Å². The SMILES string of the molecule is CO.[OH-].[OH-].[Pd+2]. The van der Waals surface area contributed by atoms with E-state index in [0.29, 0.717) is 0 Å². The zero-order valence-electron chi connectivity index (χ0n) is 2.66. The minimum Gasteiger partial charge on any atom is -0.870 e. The zero-order valence-corrected chi connectivity index (χ0v) is 4.21. The molecule has 0 aromatic carbocycles. The van der Waals surface area contributed by atoms with Crippen molar-refractivity contribution in [3.05, 3.63) is 0 Å². The predicted octanol–water partition coefficient (Wildman–Crippen LogP) is -0.748. The fraction of sp³-hybridized carbons (Fsp3) is 1.00. The average Bonchev–Trinajstić information content (AvgIpc) is 1.00. The van der Waals surface area contributed by atoms with Gasteiger partial charge >= 0.3 is 20.4 Å². The molecule has 3 N–H and O–H groups in total. The van der Waals surface area contributed by atoms with Crippen molar-refractivity contribution in [1.29, 1.82) is 0 Å². The van der Waals surface area contributed by atoms with Crippen molar-refractivity contribution in [2.45, 2.75) is 0 Å². The van der Waals surface area contributed by atoms with Gasteiger partial charge in [-0.25, -0.2) is 0 Å². The molecule has 0 aliphatic rings. The van der Waals surface area contributed by atoms with E-state index in [1.54, 1.807) is 0 Å². The molecule has 0 spiro atoms. The number of aliphatic hydroxyl groups excluding tert-OH is 1. The van der Waals surface area contributed by atoms with Crippen LogP contribution >= 0.6 is 0 Å². The first-order valence-corrected chi connectivity index (χ1v) is 0.447. The number of hydrogen-bond acceptors (Lipinski definition) is 3. The zero-order chi connectivity index (χ0) is 2.00. The average molecular weight is 172 g/mol. The van der Waals surface area contributed by atoms with Gasteiger partial charge in [-0.05, 0) is 0 Å². The molecule has 0 heterocycles. The predicted molar refractivity (Wildman–Crippen MR) is 12.0 cm³/mol. The van der Waals surface area contributed by atoms with Gasteiger partial charge in [0.25, 0.3) is 0 Å². The maximum atomic E-state index is 7.00. The van der Waals surface area contributed by atoms with E-state index in [1.807, 2.05) is 0 Å². The number of rotatable bonds is 0. The van der Waals surface area contributed by atoms with Gasteiger partial charge in [0.05, 0.1) is 0 Å². The van der Waals surface area contributed by atoms with Crippen LogP contribution in [0.15, 0.2) is 0 Å². The molecule has 0 aromatic rings. The first kappa shape index (κ1) is 48.1. The largest absolute Gasteiger partial charge is 2.00 e. The van der Waals surface area contributed by atoms with Crippen LogP contribution in [0.25, 0.3) is 0 Å². The molecule has 0 rings (SSSR count). The van der Waals surface area contributed by atoms with Crippen LogP contribution in [0.3, 0.4) is 0 Å². The molecule has 0 radical (unpaired) electrons. The molecule has 0 saturated carbocycles. The summed E-state index contributed by atoms with van der Waals surface area (Å²) in [5.74, 6) is 0. The first-order chi connectivity index (χ1) is 1.00. The molecule has 4 heteroatoms. The monoisotopic (exact) mass is 172 g/mol. The van der Waals surface area contributed by atoms with Gasteiger partial charge in [0.15, 0.2) is 0 Å². The van der Waals surface area contributed by atoms with Crippen LogP contribution in [0.2, 0.25) is 0 Å². The van der Waals surface area contributed by atoms with E-state index >= 15 is 0 Å². The van der Waals surface area contributed by atoms with Crippen LogP contribution < -0.4 is 0 Å². The van der Waals surface area contributed by atoms with Crippen LogP contribution in [0.5, 0.6) is 0 Å². The van der Waals surface area contributed by atoms with Crippen molar-refractivity contribution in [3.8, 4) is 0 Å². The third-order valence-electron chi connectivity index (χ3n) is 0. The molecule has 38 valence electrons. The van der Waals surface area contributed by atoms with Crippen LogP contribution in [0.1, 0.15) is 0 Å². The van der Waals surface area contributed by atoms with Gasteiger partial charge in [0, 0.05) is 7.11 Å². The van der Waals surface area contributed by atoms with Gasteiger partial charge < -0.3 is 16.1 Å². The van der Waals surface area contributed by atoms with Crippen LogP contribution in [-0.2, 0) is 20.4 Å². The number of hydrogen-bond donors (Lipinski definition) is 1. The fourth-order valence-electron chi connectivity index (χ4n) is 0. The van der Waals surface area contributed by atoms with Crippen LogP contribution in [0, 0.1) is 0 Å². The molecule has 0 bridgehead atoms. The van der Waals surface area contributed by atoms with Gasteiger partial charge in [0.1, 0.15) is 0 Å². The van der Waals surface area contributed by atoms with Crippen molar-refractivity contribution in [1.82, 2.24) is 0 Å². The van der Waals surface area contributed by atoms with Crippen molar-refractivity contribution < 1.29 is 36.5 Å². The Hall–Kier alpha value is 0.542. The van der Waals surface area contributed by atoms with E-state index in [9.17, 15) is 0 Å². The molecule has 0 saturated heterocycles. The Morgan fingerprint density at radius 1 is 1.00 bits per heavy atom. The second kappa shape index (κ2) is 194. The molecule has 0 amide bonds. The van der Waals surface area contributed by atoms with E-state index < -0.39 is 0 Å². The minimum atomic E-state index is 0. The second-order valence-electron chi connectivity index (χ2n) is 0. The first-order valence-electron chi connectivity index (χ1n) is 0.447. The van der Waals surface area contributed by atoms with Crippen molar-refractivity contribution in [3.63, 3.8) is 0 Å². The van der Waals surface area contributed by atoms with E-state index in [0.717, 1.165) is 7.11 Å². The standard InChI is InChI=1S/CH4O.2H2O.Pd/c1-2;;;/h2H,1H3;2*1H2;/q;;;+2/p-2. The Balaban J connectivity index is -0.00000000167. The normalized spacial score (nSPS) is 1.20. The molecule has 5 heavy (non-hydrogen) atoms. The third kappa shape index (κ3) is 99.8. The van der Waals surface area contributed by atoms with Gasteiger partial charge in [0.2, 0.25) is 0 Å². The minimum absolute atomic E-state index is 0. The molecule has 0 unspecified atom stereocenters. The summed E-state index contributed by atoms with van der Waals surface area (Å²) in [6.07, 6.45) is 0. The molecule has 0 atom stereocenters. The summed E-state index contributed by atoms with van der Waals surface area (Å²) in [5.41, 5.74) is 0. The van der Waals surface area contributed by atoms with E-state index in [1.165, 1.54) is 0 Å². The molecule has 0 aromatic heterocycles. The van der Waals surface area contributed by atoms with Gasteiger partial charge in [-0.2, -0.15) is 0 Å². The summed E-state index contributed by atoms with van der Waals surface area (Å²) in [4.78, 5) is 0. The fourth-order valence-corrected chi connectivity index (χ4v) is 0. The van der Waals surface area contributed by atoms with Crippen molar-refractivity contribution in [2.75, 3.05) is 7.11 Å². The number of aliphatic hydroxyl groups is 1. The van der Waals surface area contributed by atoms with E-state index in [2.05, 4.69) is 0 Å². The van der Waals surface area contributed by atoms with E-state index in [-0.39, 0.29) is 31.4 Å². The summed E-state index contributed by atoms with van der Waals surface area (Å²) in [7, 11) is 1.00. The molecule has 0 fully saturated rings. The quantitative estimate of drug-likeness (QED) is 0.489. The Bertz CT molecular complexity index is 6.85. The molecule has 0 aliphatic heterocycles. The summed E-state index contributed by atoms with van der Waals surface area (Å²) in [5, 5.41) is 7.00. The smallest absolute Gasteiger partial charge is 0.870 e. The van der Waals surface area contributed by atoms with E-state index in [4.69, 9.17) is 5.11 Å². The Kier molecular flexibility index (Phi) is 1860.